The van der Waals surface area contributed by atoms with E-state index in [2.05, 4.69) is 0 Å². The maximum atomic E-state index is 8.61. The van der Waals surface area contributed by atoms with Crippen molar-refractivity contribution in [3.8, 4) is 0 Å². The quantitative estimate of drug-likeness (QED) is 0.116. The molecule has 1 atom stereocenters. The van der Waals surface area contributed by atoms with Crippen molar-refractivity contribution < 1.29 is 88.3 Å². The average molecular weight is 958 g/mol. The first-order valence-electron chi connectivity index (χ1n) is 2.92. The average Bonchev–Trinajstić information content (AvgIpc) is 2.35. The summed E-state index contributed by atoms with van der Waals surface area (Å²) in [7, 11) is 0. The minimum absolute atomic E-state index is 0. The molecule has 0 saturated heterocycles. The summed E-state index contributed by atoms with van der Waals surface area (Å²) in [6.07, 6.45) is 0. The topological polar surface area (TPSA) is 272 Å². The van der Waals surface area contributed by atoms with Gasteiger partial charge in [-0.3, -0.25) is 32.9 Å². The molecule has 1 unspecified atom stereocenters. The van der Waals surface area contributed by atoms with Crippen LogP contribution >= 0.6 is 9.90 Å². The van der Waals surface area contributed by atoms with Gasteiger partial charge in [0.2, 0.25) is 0 Å². The predicted octanol–water partition coefficient (Wildman–Crippen LogP) is -9.56. The molecule has 14 nitrogen and oxygen atoms in total. The van der Waals surface area contributed by atoms with Crippen LogP contribution in [0.3, 0.4) is 0 Å². The van der Waals surface area contributed by atoms with E-state index in [0.29, 0.717) is 0 Å². The van der Waals surface area contributed by atoms with Gasteiger partial charge in [0.25, 0.3) is 0 Å². The molecule has 7 radical (unpaired) electrons. The summed E-state index contributed by atoms with van der Waals surface area (Å²) in [5.41, 5.74) is 0. The molecule has 0 aromatic rings. The van der Waals surface area contributed by atoms with Crippen LogP contribution in [0.25, 0.3) is 0 Å². The number of hydrogen-bond donors (Lipinski definition) is 3. The Bertz CT molecular complexity index is 170. The van der Waals surface area contributed by atoms with E-state index in [-0.39, 0.29) is 88.9 Å². The number of rotatable bonds is 0. The van der Waals surface area contributed by atoms with Crippen LogP contribution in [-0.4, -0.2) is 168 Å². The minimum atomic E-state index is -2.00. The molecule has 0 heterocycles. The third-order valence-electron chi connectivity index (χ3n) is 0. The van der Waals surface area contributed by atoms with Gasteiger partial charge in [0.15, 0.2) is 0 Å². The van der Waals surface area contributed by atoms with Crippen molar-refractivity contribution in [1.82, 2.24) is 0 Å². The molecule has 0 spiro atoms. The van der Waals surface area contributed by atoms with Gasteiger partial charge in [-0.2, -0.15) is 9.90 Å². The van der Waals surface area contributed by atoms with Crippen LogP contribution in [0.15, 0.2) is 0 Å². The zero-order valence-corrected chi connectivity index (χ0v) is 33.2. The first-order valence-corrected chi connectivity index (χ1v) is 15.2. The summed E-state index contributed by atoms with van der Waals surface area (Å²) >= 11 is -13.2. The van der Waals surface area contributed by atoms with Crippen molar-refractivity contribution in [3.05, 3.63) is 0 Å². The van der Waals surface area contributed by atoms with Crippen LogP contribution < -0.4 is 16.5 Å². The molecule has 0 bridgehead atoms. The van der Waals surface area contributed by atoms with E-state index in [0.717, 1.165) is 0 Å². The van der Waals surface area contributed by atoms with E-state index in [4.69, 9.17) is 55.4 Å². The molecule has 31 heavy (non-hydrogen) atoms. The summed E-state index contributed by atoms with van der Waals surface area (Å²) in [5, 5.41) is 0. The molecule has 3 N–H and O–H groups in total. The maximum absolute atomic E-state index is 8.61. The van der Waals surface area contributed by atoms with Gasteiger partial charge in [-0.25, -0.2) is 0 Å². The zero-order valence-electron chi connectivity index (χ0n) is 14.3. The fourth-order valence-corrected chi connectivity index (χ4v) is 0. The summed E-state index contributed by atoms with van der Waals surface area (Å²) in [6, 6.07) is 0. The molecule has 0 rings (SSSR count). The molecule has 0 aliphatic carbocycles. The van der Waals surface area contributed by atoms with Crippen LogP contribution in [0, 0.1) is 0 Å². The molecule has 31 heteroatoms. The molecule has 183 valence electrons. The van der Waals surface area contributed by atoms with Gasteiger partial charge >= 0.3 is 211 Å². The van der Waals surface area contributed by atoms with Crippen molar-refractivity contribution in [2.24, 2.45) is 0 Å². The first-order chi connectivity index (χ1) is 9.90. The molecular formula is H13F7Ge7Mg2O14P. The molecule has 0 fully saturated rings. The van der Waals surface area contributed by atoms with E-state index in [1.54, 1.807) is 0 Å². The van der Waals surface area contributed by atoms with E-state index >= 15 is 0 Å². The summed E-state index contributed by atoms with van der Waals surface area (Å²) in [4.78, 5) is 0. The molecule has 0 saturated carbocycles. The number of hydrogen-bond acceptors (Lipinski definition) is 11. The van der Waals surface area contributed by atoms with Crippen molar-refractivity contribution in [3.63, 3.8) is 0 Å². The van der Waals surface area contributed by atoms with Crippen molar-refractivity contribution >= 4 is 166 Å². The second-order valence-corrected chi connectivity index (χ2v) is 3.16. The summed E-state index contributed by atoms with van der Waals surface area (Å²) < 4.78 is 115. The van der Waals surface area contributed by atoms with Crippen LogP contribution in [0.1, 0.15) is 0 Å². The van der Waals surface area contributed by atoms with E-state index < -0.39 is 110 Å². The molecule has 0 aliphatic heterocycles. The third kappa shape index (κ3) is 4930. The normalized spacial score (nSPS) is 2.71. The van der Waals surface area contributed by atoms with E-state index in [9.17, 15) is 0 Å². The Balaban J connectivity index is -0.00000000467. The van der Waals surface area contributed by atoms with Crippen molar-refractivity contribution in [1.29, 1.82) is 0 Å². The fourth-order valence-electron chi connectivity index (χ4n) is 0. The number of halogens is 7. The third-order valence-corrected chi connectivity index (χ3v) is 0. The predicted molar refractivity (Wildman–Crippen MR) is 91.9 cm³/mol. The Morgan fingerprint density at radius 3 is 0.387 bits per heavy atom. The van der Waals surface area contributed by atoms with Gasteiger partial charge < -0.3 is 0 Å². The van der Waals surface area contributed by atoms with Gasteiger partial charge in [0.1, 0.15) is 0 Å². The van der Waals surface area contributed by atoms with Crippen LogP contribution in [0.2, 0.25) is 0 Å². The molecular weight excluding hydrogens is 945 g/mol. The Labute approximate surface area is 251 Å². The second-order valence-electron chi connectivity index (χ2n) is 0.607. The second kappa shape index (κ2) is 358. The zero-order chi connectivity index (χ0) is 18.9. The van der Waals surface area contributed by atoms with Gasteiger partial charge in [-0.05, 0) is 0 Å². The fraction of sp³-hybridized carbons (Fsp3) is 0. The Kier molecular flexibility index (Phi) is 1500. The first kappa shape index (κ1) is 130. The van der Waals surface area contributed by atoms with E-state index in [1.165, 1.54) is 0 Å². The Hall–Kier alpha value is 2.47. The van der Waals surface area contributed by atoms with Crippen LogP contribution in [0.4, 0.5) is 32.9 Å². The monoisotopic (exact) mass is 966 g/mol. The Morgan fingerprint density at radius 1 is 0.387 bits per heavy atom. The van der Waals surface area contributed by atoms with Gasteiger partial charge in [0.05, 0.1) is 0 Å². The van der Waals surface area contributed by atoms with Gasteiger partial charge in [0, 0.05) is 0 Å². The van der Waals surface area contributed by atoms with Gasteiger partial charge in [-0.1, -0.05) is 0 Å². The van der Waals surface area contributed by atoms with Gasteiger partial charge in [-0.15, -0.1) is 0 Å². The standard InChI is InChI=1S/7FH.3GeHO2.4GeO2.2Mg.H3P/c;;;;;;;7*2-1-3;;;/h7*1H;3*2H;;;;;;;1H3/q;;;;;;;;;;4*-1;2*+2;. The Morgan fingerprint density at radius 2 is 0.387 bits per heavy atom. The van der Waals surface area contributed by atoms with Crippen molar-refractivity contribution in [2.75, 3.05) is 0 Å². The van der Waals surface area contributed by atoms with E-state index in [1.807, 2.05) is 0 Å². The molecule has 0 aromatic heterocycles. The van der Waals surface area contributed by atoms with Crippen LogP contribution in [0.5, 0.6) is 0 Å². The molecule has 0 aliphatic rings. The SMILES string of the molecule is F.F.F.F.F.F.F.P.[Mg+2].[Mg+2].[O]=[Ge][O-].[O]=[Ge][O-].[O]=[Ge][O-].[O]=[Ge][O-].[O]=[Ge][OH].[O]=[Ge][OH].[O]=[Ge][OH]. The molecule has 0 aromatic carbocycles. The van der Waals surface area contributed by atoms with Crippen LogP contribution in [-0.2, 0) is 26.4 Å². The summed E-state index contributed by atoms with van der Waals surface area (Å²) in [5.74, 6) is 0. The summed E-state index contributed by atoms with van der Waals surface area (Å²) in [6.45, 7) is 0. The molecule has 0 amide bonds. The van der Waals surface area contributed by atoms with Crippen molar-refractivity contribution in [2.45, 2.75) is 0 Å².